The maximum absolute atomic E-state index is 11.5. The number of hydrogen-bond donors (Lipinski definition) is 0. The Morgan fingerprint density at radius 1 is 1.38 bits per heavy atom. The minimum atomic E-state index is -0.573. The monoisotopic (exact) mass is 285 g/mol. The number of likely N-dealkylation sites (N-methyl/N-ethyl adjacent to an activating group) is 1. The zero-order valence-electron chi connectivity index (χ0n) is 9.28. The summed E-state index contributed by atoms with van der Waals surface area (Å²) in [6, 6.07) is 5.25. The zero-order chi connectivity index (χ0) is 12.3. The highest BCUT2D eigenvalue weighted by Crippen LogP contribution is 2.30. The number of Topliss-reactive ketones (excluding diaryl/α,β-unsaturated/α-hetero) is 1. The number of ether oxygens (including phenoxy) is 1. The summed E-state index contributed by atoms with van der Waals surface area (Å²) in [6.45, 7) is 1.24. The first-order valence-corrected chi connectivity index (χ1v) is 5.39. The number of ketones is 1. The van der Waals surface area contributed by atoms with Crippen molar-refractivity contribution >= 4 is 33.3 Å². The van der Waals surface area contributed by atoms with Gasteiger partial charge in [0.1, 0.15) is 5.75 Å². The largest absolute Gasteiger partial charge is 0.495 e. The lowest BCUT2D eigenvalue weighted by Gasteiger charge is -2.18. The van der Waals surface area contributed by atoms with Crippen molar-refractivity contribution in [2.75, 3.05) is 19.1 Å². The SMILES string of the molecule is COc1ccc(Br)cc1N(C)C(=O)C(C)=O. The number of hydrogen-bond acceptors (Lipinski definition) is 3. The van der Waals surface area contributed by atoms with Crippen LogP contribution in [0.15, 0.2) is 22.7 Å². The normalized spacial score (nSPS) is 9.75. The van der Waals surface area contributed by atoms with E-state index in [0.29, 0.717) is 11.4 Å². The Bertz CT molecular complexity index is 431. The average Bonchev–Trinajstić information content (AvgIpc) is 2.26. The van der Waals surface area contributed by atoms with Gasteiger partial charge in [-0.1, -0.05) is 15.9 Å². The van der Waals surface area contributed by atoms with E-state index in [1.54, 1.807) is 18.2 Å². The van der Waals surface area contributed by atoms with Crippen LogP contribution in [0.5, 0.6) is 5.75 Å². The van der Waals surface area contributed by atoms with E-state index in [1.165, 1.54) is 26.0 Å². The van der Waals surface area contributed by atoms with Gasteiger partial charge in [-0.3, -0.25) is 9.59 Å². The Balaban J connectivity index is 3.15. The number of carbonyl (C=O) groups excluding carboxylic acids is 2. The van der Waals surface area contributed by atoms with Crippen molar-refractivity contribution in [2.24, 2.45) is 0 Å². The van der Waals surface area contributed by atoms with E-state index in [4.69, 9.17) is 4.74 Å². The van der Waals surface area contributed by atoms with Crippen LogP contribution in [0, 0.1) is 0 Å². The van der Waals surface area contributed by atoms with Crippen molar-refractivity contribution in [1.82, 2.24) is 0 Å². The third-order valence-corrected chi connectivity index (χ3v) is 2.60. The number of benzene rings is 1. The molecule has 86 valence electrons. The molecule has 4 nitrogen and oxygen atoms in total. The first-order chi connectivity index (χ1) is 7.47. The molecule has 0 N–H and O–H groups in total. The topological polar surface area (TPSA) is 46.6 Å². The van der Waals surface area contributed by atoms with Crippen molar-refractivity contribution in [3.05, 3.63) is 22.7 Å². The van der Waals surface area contributed by atoms with Gasteiger partial charge in [-0.25, -0.2) is 0 Å². The summed E-state index contributed by atoms with van der Waals surface area (Å²) < 4.78 is 5.94. The van der Waals surface area contributed by atoms with Crippen molar-refractivity contribution < 1.29 is 14.3 Å². The molecule has 0 atom stereocenters. The van der Waals surface area contributed by atoms with Gasteiger partial charge >= 0.3 is 0 Å². The van der Waals surface area contributed by atoms with Crippen molar-refractivity contribution in [3.8, 4) is 5.75 Å². The second kappa shape index (κ2) is 5.12. The lowest BCUT2D eigenvalue weighted by Crippen LogP contribution is -2.31. The van der Waals surface area contributed by atoms with E-state index in [1.807, 2.05) is 0 Å². The molecule has 0 heterocycles. The molecule has 16 heavy (non-hydrogen) atoms. The first kappa shape index (κ1) is 12.7. The molecule has 0 spiro atoms. The summed E-state index contributed by atoms with van der Waals surface area (Å²) in [6.07, 6.45) is 0. The molecule has 0 saturated carbocycles. The van der Waals surface area contributed by atoms with Gasteiger partial charge in [0.15, 0.2) is 0 Å². The van der Waals surface area contributed by atoms with Gasteiger partial charge in [-0.15, -0.1) is 0 Å². The van der Waals surface area contributed by atoms with Crippen LogP contribution in [0.3, 0.4) is 0 Å². The van der Waals surface area contributed by atoms with E-state index < -0.39 is 11.7 Å². The molecule has 1 aromatic carbocycles. The summed E-state index contributed by atoms with van der Waals surface area (Å²) in [5.41, 5.74) is 0.553. The standard InChI is InChI=1S/C11H12BrNO3/c1-7(14)11(15)13(2)9-6-8(12)4-5-10(9)16-3/h4-6H,1-3H3. The summed E-state index contributed by atoms with van der Waals surface area (Å²) in [7, 11) is 3.05. The lowest BCUT2D eigenvalue weighted by atomic mass is 10.2. The van der Waals surface area contributed by atoms with Gasteiger partial charge in [0.05, 0.1) is 12.8 Å². The van der Waals surface area contributed by atoms with Gasteiger partial charge < -0.3 is 9.64 Å². The van der Waals surface area contributed by atoms with Gasteiger partial charge in [-0.2, -0.15) is 0 Å². The summed E-state index contributed by atoms with van der Waals surface area (Å²) in [5.74, 6) is -0.541. The number of rotatable bonds is 3. The van der Waals surface area contributed by atoms with Crippen LogP contribution in [0.1, 0.15) is 6.92 Å². The smallest absolute Gasteiger partial charge is 0.293 e. The molecule has 0 aromatic heterocycles. The maximum atomic E-state index is 11.5. The van der Waals surface area contributed by atoms with Crippen LogP contribution in [-0.2, 0) is 9.59 Å². The average molecular weight is 286 g/mol. The van der Waals surface area contributed by atoms with Gasteiger partial charge in [0.25, 0.3) is 5.91 Å². The van der Waals surface area contributed by atoms with E-state index in [9.17, 15) is 9.59 Å². The fraction of sp³-hybridized carbons (Fsp3) is 0.273. The summed E-state index contributed by atoms with van der Waals surface area (Å²) in [5, 5.41) is 0. The highest BCUT2D eigenvalue weighted by molar-refractivity contribution is 9.10. The summed E-state index contributed by atoms with van der Waals surface area (Å²) >= 11 is 3.30. The van der Waals surface area contributed by atoms with Crippen molar-refractivity contribution in [3.63, 3.8) is 0 Å². The Hall–Kier alpha value is -1.36. The molecule has 0 bridgehead atoms. The quantitative estimate of drug-likeness (QED) is 0.798. The maximum Gasteiger partial charge on any atom is 0.293 e. The van der Waals surface area contributed by atoms with Crippen LogP contribution in [0.25, 0.3) is 0 Å². The van der Waals surface area contributed by atoms with E-state index >= 15 is 0 Å². The van der Waals surface area contributed by atoms with E-state index in [-0.39, 0.29) is 0 Å². The highest BCUT2D eigenvalue weighted by atomic mass is 79.9. The minimum Gasteiger partial charge on any atom is -0.495 e. The predicted octanol–water partition coefficient (Wildman–Crippen LogP) is 2.01. The molecule has 0 radical (unpaired) electrons. The Kier molecular flexibility index (Phi) is 4.06. The van der Waals surface area contributed by atoms with Gasteiger partial charge in [0.2, 0.25) is 5.78 Å². The highest BCUT2D eigenvalue weighted by Gasteiger charge is 2.18. The molecule has 1 amide bonds. The number of carbonyl (C=O) groups is 2. The number of amides is 1. The molecule has 0 aliphatic rings. The number of halogens is 1. The van der Waals surface area contributed by atoms with Crippen LogP contribution >= 0.6 is 15.9 Å². The molecular formula is C11H12BrNO3. The molecule has 0 fully saturated rings. The van der Waals surface area contributed by atoms with Crippen molar-refractivity contribution in [2.45, 2.75) is 6.92 Å². The molecule has 1 aromatic rings. The fourth-order valence-corrected chi connectivity index (χ4v) is 1.62. The second-order valence-corrected chi connectivity index (χ2v) is 4.15. The molecule has 5 heteroatoms. The van der Waals surface area contributed by atoms with Crippen LogP contribution in [-0.4, -0.2) is 25.8 Å². The first-order valence-electron chi connectivity index (χ1n) is 4.59. The Morgan fingerprint density at radius 2 is 2.00 bits per heavy atom. The molecule has 0 aliphatic heterocycles. The molecule has 0 saturated heterocycles. The predicted molar refractivity (Wildman–Crippen MR) is 64.8 cm³/mol. The summed E-state index contributed by atoms with van der Waals surface area (Å²) in [4.78, 5) is 23.8. The van der Waals surface area contributed by atoms with E-state index in [0.717, 1.165) is 4.47 Å². The van der Waals surface area contributed by atoms with Crippen LogP contribution in [0.2, 0.25) is 0 Å². The molecule has 0 aliphatic carbocycles. The zero-order valence-corrected chi connectivity index (χ0v) is 10.9. The molecular weight excluding hydrogens is 274 g/mol. The Morgan fingerprint density at radius 3 is 2.50 bits per heavy atom. The third kappa shape index (κ3) is 2.61. The third-order valence-electron chi connectivity index (χ3n) is 2.11. The van der Waals surface area contributed by atoms with E-state index in [2.05, 4.69) is 15.9 Å². The fourth-order valence-electron chi connectivity index (χ4n) is 1.27. The Labute approximate surface area is 102 Å². The molecule has 1 rings (SSSR count). The lowest BCUT2D eigenvalue weighted by molar-refractivity contribution is -0.134. The minimum absolute atomic E-state index is 0.510. The van der Waals surface area contributed by atoms with Gasteiger partial charge in [-0.05, 0) is 18.2 Å². The second-order valence-electron chi connectivity index (χ2n) is 3.24. The van der Waals surface area contributed by atoms with Gasteiger partial charge in [0, 0.05) is 18.4 Å². The molecule has 0 unspecified atom stereocenters. The van der Waals surface area contributed by atoms with Crippen LogP contribution in [0.4, 0.5) is 5.69 Å². The number of anilines is 1. The number of methoxy groups -OCH3 is 1. The van der Waals surface area contributed by atoms with Crippen molar-refractivity contribution in [1.29, 1.82) is 0 Å². The van der Waals surface area contributed by atoms with Crippen LogP contribution < -0.4 is 9.64 Å². The number of nitrogens with zero attached hydrogens (tertiary/aromatic N) is 1.